The second-order valence-electron chi connectivity index (χ2n) is 9.88. The fraction of sp³-hybridized carbons (Fsp3) is 0.594. The van der Waals surface area contributed by atoms with Crippen molar-refractivity contribution in [2.24, 2.45) is 23.2 Å². The van der Waals surface area contributed by atoms with E-state index in [-0.39, 0.29) is 5.41 Å². The van der Waals surface area contributed by atoms with Crippen molar-refractivity contribution in [3.63, 3.8) is 0 Å². The van der Waals surface area contributed by atoms with Crippen LogP contribution in [0.3, 0.4) is 0 Å². The first-order chi connectivity index (χ1) is 16.0. The van der Waals surface area contributed by atoms with Crippen LogP contribution in [0.4, 0.5) is 0 Å². The molecule has 0 aromatic heterocycles. The molecule has 2 saturated carbocycles. The van der Waals surface area contributed by atoms with Crippen molar-refractivity contribution >= 4 is 5.78 Å². The minimum atomic E-state index is -0.163. The van der Waals surface area contributed by atoms with E-state index in [1.165, 1.54) is 24.0 Å². The average Bonchev–Trinajstić information content (AvgIpc) is 3.12. The van der Waals surface area contributed by atoms with Crippen LogP contribution in [0, 0.1) is 23.2 Å². The molecule has 0 radical (unpaired) electrons. The number of allylic oxidation sites excluding steroid dienone is 11. The second kappa shape index (κ2) is 13.1. The monoisotopic (exact) mass is 448 g/mol. The van der Waals surface area contributed by atoms with Crippen LogP contribution >= 0.6 is 0 Å². The van der Waals surface area contributed by atoms with Crippen molar-refractivity contribution in [2.45, 2.75) is 99.3 Å². The lowest BCUT2D eigenvalue weighted by Gasteiger charge is -2.50. The summed E-state index contributed by atoms with van der Waals surface area (Å²) in [6, 6.07) is 0. The summed E-state index contributed by atoms with van der Waals surface area (Å²) >= 11 is 0. The van der Waals surface area contributed by atoms with Crippen LogP contribution in [0.15, 0.2) is 71.4 Å². The molecule has 1 heteroatoms. The van der Waals surface area contributed by atoms with E-state index < -0.39 is 0 Å². The summed E-state index contributed by atoms with van der Waals surface area (Å²) in [4.78, 5) is 13.1. The molecule has 2 fully saturated rings. The lowest BCUT2D eigenvalue weighted by Crippen LogP contribution is -2.44. The van der Waals surface area contributed by atoms with Crippen molar-refractivity contribution in [3.8, 4) is 0 Å². The minimum Gasteiger partial charge on any atom is -0.299 e. The predicted octanol–water partition coefficient (Wildman–Crippen LogP) is 9.50. The Hall–Kier alpha value is -1.89. The maximum atomic E-state index is 13.1. The molecule has 0 aromatic carbocycles. The van der Waals surface area contributed by atoms with Gasteiger partial charge in [-0.3, -0.25) is 4.79 Å². The zero-order valence-corrected chi connectivity index (χ0v) is 22.3. The van der Waals surface area contributed by atoms with Crippen LogP contribution in [0.1, 0.15) is 99.3 Å². The summed E-state index contributed by atoms with van der Waals surface area (Å²) in [6.07, 6.45) is 25.2. The Kier molecular flexibility index (Phi) is 10.9. The third-order valence-corrected chi connectivity index (χ3v) is 7.95. The van der Waals surface area contributed by atoms with Gasteiger partial charge in [-0.15, -0.1) is 0 Å². The highest BCUT2D eigenvalue weighted by atomic mass is 16.1. The Bertz CT molecular complexity index is 831. The number of carbonyl (C=O) groups excluding carboxylic acids is 1. The molecule has 0 N–H and O–H groups in total. The summed E-state index contributed by atoms with van der Waals surface area (Å²) in [5.41, 5.74) is 5.94. The van der Waals surface area contributed by atoms with Crippen LogP contribution in [-0.4, -0.2) is 5.78 Å². The molecular weight excluding hydrogens is 400 g/mol. The largest absolute Gasteiger partial charge is 0.299 e. The van der Waals surface area contributed by atoms with E-state index in [9.17, 15) is 4.79 Å². The van der Waals surface area contributed by atoms with Crippen LogP contribution in [0.25, 0.3) is 0 Å². The van der Waals surface area contributed by atoms with Gasteiger partial charge in [0.05, 0.1) is 0 Å². The van der Waals surface area contributed by atoms with Crippen molar-refractivity contribution < 1.29 is 4.79 Å². The minimum absolute atomic E-state index is 0.163. The van der Waals surface area contributed by atoms with Gasteiger partial charge in [0, 0.05) is 17.8 Å². The lowest BCUT2D eigenvalue weighted by atomic mass is 9.53. The molecule has 0 saturated heterocycles. The first kappa shape index (κ1) is 27.4. The first-order valence-corrected chi connectivity index (χ1v) is 13.6. The molecule has 0 heterocycles. The van der Waals surface area contributed by atoms with E-state index in [0.717, 1.165) is 44.9 Å². The third kappa shape index (κ3) is 5.79. The summed E-state index contributed by atoms with van der Waals surface area (Å²) in [6.45, 7) is 16.9. The predicted molar refractivity (Wildman–Crippen MR) is 145 cm³/mol. The first-order valence-electron chi connectivity index (χ1n) is 13.6. The number of carbonyl (C=O) groups is 1. The SMILES string of the molecule is C=C/C=C1/CCC2C(=C1CCC)C(C(/C=C\C)=C/C=C/CCC)CC1(C)C(=O)CCC21.CC. The Labute approximate surface area is 204 Å². The molecule has 4 atom stereocenters. The fourth-order valence-corrected chi connectivity index (χ4v) is 6.56. The van der Waals surface area contributed by atoms with Gasteiger partial charge in [0.2, 0.25) is 0 Å². The molecule has 4 unspecified atom stereocenters. The number of hydrogen-bond acceptors (Lipinski definition) is 1. The lowest BCUT2D eigenvalue weighted by molar-refractivity contribution is -0.128. The van der Waals surface area contributed by atoms with Gasteiger partial charge in [-0.25, -0.2) is 0 Å². The molecule has 0 aliphatic heterocycles. The maximum absolute atomic E-state index is 13.1. The van der Waals surface area contributed by atoms with Gasteiger partial charge >= 0.3 is 0 Å². The third-order valence-electron chi connectivity index (χ3n) is 7.95. The van der Waals surface area contributed by atoms with Gasteiger partial charge in [0.1, 0.15) is 5.78 Å². The molecule has 3 aliphatic rings. The zero-order valence-electron chi connectivity index (χ0n) is 22.3. The molecule has 182 valence electrons. The Morgan fingerprint density at radius 2 is 1.91 bits per heavy atom. The van der Waals surface area contributed by atoms with E-state index in [0.29, 0.717) is 23.5 Å². The van der Waals surface area contributed by atoms with Gasteiger partial charge in [-0.05, 0) is 74.0 Å². The molecular formula is C32H48O. The molecule has 1 nitrogen and oxygen atoms in total. The van der Waals surface area contributed by atoms with Crippen molar-refractivity contribution in [1.29, 1.82) is 0 Å². The highest BCUT2D eigenvalue weighted by Gasteiger charge is 2.56. The van der Waals surface area contributed by atoms with Gasteiger partial charge < -0.3 is 0 Å². The number of rotatable bonds is 8. The van der Waals surface area contributed by atoms with Crippen molar-refractivity contribution in [3.05, 3.63) is 71.4 Å². The highest BCUT2D eigenvalue weighted by molar-refractivity contribution is 5.87. The van der Waals surface area contributed by atoms with E-state index in [4.69, 9.17) is 0 Å². The second-order valence-corrected chi connectivity index (χ2v) is 9.88. The molecule has 3 aliphatic carbocycles. The Morgan fingerprint density at radius 1 is 1.15 bits per heavy atom. The highest BCUT2D eigenvalue weighted by Crippen LogP contribution is 2.61. The number of unbranched alkanes of at least 4 members (excludes halogenated alkanes) is 1. The van der Waals surface area contributed by atoms with Crippen LogP contribution in [0.2, 0.25) is 0 Å². The van der Waals surface area contributed by atoms with Gasteiger partial charge in [0.15, 0.2) is 0 Å². The van der Waals surface area contributed by atoms with E-state index in [1.54, 1.807) is 11.1 Å². The Balaban J connectivity index is 0.00000187. The molecule has 0 amide bonds. The average molecular weight is 449 g/mol. The van der Waals surface area contributed by atoms with Gasteiger partial charge in [-0.2, -0.15) is 0 Å². The number of fused-ring (bicyclic) bond motifs is 3. The van der Waals surface area contributed by atoms with Gasteiger partial charge in [-0.1, -0.05) is 102 Å². The molecule has 3 rings (SSSR count). The van der Waals surface area contributed by atoms with Gasteiger partial charge in [0.25, 0.3) is 0 Å². The maximum Gasteiger partial charge on any atom is 0.139 e. The van der Waals surface area contributed by atoms with Crippen LogP contribution in [0.5, 0.6) is 0 Å². The summed E-state index contributed by atoms with van der Waals surface area (Å²) in [5, 5.41) is 0. The van der Waals surface area contributed by atoms with Crippen LogP contribution in [-0.2, 0) is 4.79 Å². The van der Waals surface area contributed by atoms with Crippen molar-refractivity contribution in [1.82, 2.24) is 0 Å². The Morgan fingerprint density at radius 3 is 2.55 bits per heavy atom. The fourth-order valence-electron chi connectivity index (χ4n) is 6.56. The molecule has 0 bridgehead atoms. The number of hydrogen-bond donors (Lipinski definition) is 0. The van der Waals surface area contributed by atoms with E-state index >= 15 is 0 Å². The standard InChI is InChI=1S/C30H42O.C2H6/c1-6-10-11-12-16-22(13-7-2)26-21-30(5)27(19-20-28(30)31)25-18-17-23(14-8-3)24(15-9-4)29(25)26;1-2/h7-8,11-14,16,25-27H,3,6,9-10,15,17-21H2,1-2,4-5H3;1-2H3/b12-11+,13-7-,22-16+,23-14-;. The summed E-state index contributed by atoms with van der Waals surface area (Å²) in [7, 11) is 0. The molecule has 33 heavy (non-hydrogen) atoms. The number of ketones is 1. The molecule has 0 aromatic rings. The topological polar surface area (TPSA) is 17.1 Å². The summed E-state index contributed by atoms with van der Waals surface area (Å²) in [5.74, 6) is 1.91. The van der Waals surface area contributed by atoms with Crippen molar-refractivity contribution in [2.75, 3.05) is 0 Å². The zero-order chi connectivity index (χ0) is 24.4. The normalized spacial score (nSPS) is 31.1. The summed E-state index contributed by atoms with van der Waals surface area (Å²) < 4.78 is 0. The molecule has 0 spiro atoms. The van der Waals surface area contributed by atoms with Crippen LogP contribution < -0.4 is 0 Å². The van der Waals surface area contributed by atoms with E-state index in [2.05, 4.69) is 70.7 Å². The quantitative estimate of drug-likeness (QED) is 0.338. The smallest absolute Gasteiger partial charge is 0.139 e. The van der Waals surface area contributed by atoms with E-state index in [1.807, 2.05) is 19.9 Å². The number of Topliss-reactive ketones (excluding diaryl/α,β-unsaturated/α-hetero) is 1.